The number of amides is 2. The van der Waals surface area contributed by atoms with E-state index in [0.29, 0.717) is 15.7 Å². The van der Waals surface area contributed by atoms with Gasteiger partial charge in [0.25, 0.3) is 0 Å². The van der Waals surface area contributed by atoms with Crippen molar-refractivity contribution in [1.29, 1.82) is 0 Å². The van der Waals surface area contributed by atoms with Crippen LogP contribution in [0.5, 0.6) is 0 Å². The number of benzene rings is 1. The number of hydrazine groups is 2. The molecule has 0 radical (unpaired) electrons. The Morgan fingerprint density at radius 3 is 2.80 bits per heavy atom. The Bertz CT molecular complexity index is 372. The lowest BCUT2D eigenvalue weighted by molar-refractivity contribution is 0.246. The van der Waals surface area contributed by atoms with Crippen LogP contribution in [0.3, 0.4) is 0 Å². The van der Waals surface area contributed by atoms with Crippen LogP contribution in [0.25, 0.3) is 0 Å². The number of hydrogen-bond donors (Lipinski definition) is 4. The number of aliphatic hydroxyl groups excluding tert-OH is 1. The molecule has 15 heavy (non-hydrogen) atoms. The summed E-state index contributed by atoms with van der Waals surface area (Å²) in [6.07, 6.45) is 0. The molecule has 0 aromatic heterocycles. The van der Waals surface area contributed by atoms with E-state index in [2.05, 4.69) is 15.9 Å². The van der Waals surface area contributed by atoms with Crippen molar-refractivity contribution in [1.82, 2.24) is 5.43 Å². The predicted molar refractivity (Wildman–Crippen MR) is 59.5 cm³/mol. The first-order chi connectivity index (χ1) is 7.11. The van der Waals surface area contributed by atoms with Gasteiger partial charge in [-0.2, -0.15) is 0 Å². The van der Waals surface area contributed by atoms with Gasteiger partial charge in [0, 0.05) is 10.0 Å². The Morgan fingerprint density at radius 1 is 1.60 bits per heavy atom. The second kappa shape index (κ2) is 5.08. The molecule has 1 rings (SSSR count). The minimum Gasteiger partial charge on any atom is -0.392 e. The summed E-state index contributed by atoms with van der Waals surface area (Å²) in [6.45, 7) is -0.234. The molecular weight excluding hydrogens is 264 g/mol. The number of hydrogen-bond acceptors (Lipinski definition) is 4. The van der Waals surface area contributed by atoms with Gasteiger partial charge in [-0.05, 0) is 12.1 Å². The molecule has 1 aromatic carbocycles. The van der Waals surface area contributed by atoms with Crippen LogP contribution in [0.2, 0.25) is 0 Å². The number of carbonyl (C=O) groups is 1. The van der Waals surface area contributed by atoms with Crippen molar-refractivity contribution in [3.8, 4) is 0 Å². The summed E-state index contributed by atoms with van der Waals surface area (Å²) in [5.41, 5.74) is 2.80. The largest absolute Gasteiger partial charge is 0.392 e. The molecular formula is C8H11BrN4O2. The fourth-order valence-electron chi connectivity index (χ4n) is 1.11. The van der Waals surface area contributed by atoms with Crippen molar-refractivity contribution in [2.45, 2.75) is 6.61 Å². The third-order valence-corrected chi connectivity index (χ3v) is 2.60. The highest BCUT2D eigenvalue weighted by Crippen LogP contribution is 2.26. The highest BCUT2D eigenvalue weighted by Gasteiger charge is 2.15. The van der Waals surface area contributed by atoms with Crippen LogP contribution in [0.1, 0.15) is 5.56 Å². The molecule has 0 heterocycles. The summed E-state index contributed by atoms with van der Waals surface area (Å²) in [7, 11) is 0. The zero-order chi connectivity index (χ0) is 11.4. The van der Waals surface area contributed by atoms with Gasteiger partial charge in [-0.3, -0.25) is 5.43 Å². The van der Waals surface area contributed by atoms with Crippen molar-refractivity contribution >= 4 is 27.6 Å². The predicted octanol–water partition coefficient (Wildman–Crippen LogP) is 0.205. The van der Waals surface area contributed by atoms with Gasteiger partial charge in [0.2, 0.25) is 0 Å². The second-order valence-corrected chi connectivity index (χ2v) is 3.57. The number of halogens is 1. The molecule has 0 aliphatic heterocycles. The third kappa shape index (κ3) is 2.45. The smallest absolute Gasteiger partial charge is 0.350 e. The lowest BCUT2D eigenvalue weighted by atomic mass is 10.2. The summed E-state index contributed by atoms with van der Waals surface area (Å²) < 4.78 is 0.669. The number of carbonyl (C=O) groups excluding carboxylic acids is 1. The quantitative estimate of drug-likeness (QED) is 0.351. The van der Waals surface area contributed by atoms with Gasteiger partial charge in [-0.25, -0.2) is 21.5 Å². The number of anilines is 1. The van der Waals surface area contributed by atoms with E-state index < -0.39 is 6.03 Å². The molecule has 2 amide bonds. The maximum atomic E-state index is 11.2. The molecule has 0 unspecified atom stereocenters. The maximum absolute atomic E-state index is 11.2. The molecule has 0 aliphatic rings. The molecule has 0 saturated carbocycles. The standard InChI is InChI=1S/C8H11BrN4O2/c9-6-2-1-3-7(5(6)4-14)13(11)8(15)12-10/h1-3,14H,4,10-11H2,(H,12,15). The molecule has 0 atom stereocenters. The van der Waals surface area contributed by atoms with Crippen LogP contribution in [-0.2, 0) is 6.61 Å². The number of aliphatic hydroxyl groups is 1. The molecule has 6 nitrogen and oxygen atoms in total. The topological polar surface area (TPSA) is 105 Å². The van der Waals surface area contributed by atoms with Crippen LogP contribution in [0.4, 0.5) is 10.5 Å². The summed E-state index contributed by atoms with van der Waals surface area (Å²) in [5, 5.41) is 9.96. The highest BCUT2D eigenvalue weighted by molar-refractivity contribution is 9.10. The minimum atomic E-state index is -0.664. The van der Waals surface area contributed by atoms with Crippen LogP contribution in [0.15, 0.2) is 22.7 Å². The molecule has 0 spiro atoms. The van der Waals surface area contributed by atoms with E-state index in [1.54, 1.807) is 18.2 Å². The van der Waals surface area contributed by atoms with E-state index in [1.165, 1.54) is 0 Å². The molecule has 1 aromatic rings. The molecule has 0 bridgehead atoms. The first-order valence-corrected chi connectivity index (χ1v) is 4.84. The van der Waals surface area contributed by atoms with E-state index in [0.717, 1.165) is 5.01 Å². The molecule has 0 aliphatic carbocycles. The van der Waals surface area contributed by atoms with Crippen LogP contribution in [-0.4, -0.2) is 11.1 Å². The van der Waals surface area contributed by atoms with Crippen molar-refractivity contribution in [3.05, 3.63) is 28.2 Å². The number of nitrogens with one attached hydrogen (secondary N) is 1. The van der Waals surface area contributed by atoms with E-state index >= 15 is 0 Å². The average molecular weight is 275 g/mol. The molecule has 6 N–H and O–H groups in total. The lowest BCUT2D eigenvalue weighted by Gasteiger charge is -2.19. The molecule has 82 valence electrons. The second-order valence-electron chi connectivity index (χ2n) is 2.72. The molecule has 0 fully saturated rings. The van der Waals surface area contributed by atoms with Gasteiger partial charge in [0.1, 0.15) is 0 Å². The molecule has 0 saturated heterocycles. The average Bonchev–Trinajstić information content (AvgIpc) is 2.26. The number of rotatable bonds is 2. The van der Waals surface area contributed by atoms with E-state index in [-0.39, 0.29) is 6.61 Å². The zero-order valence-electron chi connectivity index (χ0n) is 7.77. The first-order valence-electron chi connectivity index (χ1n) is 4.05. The van der Waals surface area contributed by atoms with Crippen LogP contribution < -0.4 is 22.1 Å². The molecule has 7 heteroatoms. The SMILES string of the molecule is NNC(=O)N(N)c1cccc(Br)c1CO. The highest BCUT2D eigenvalue weighted by atomic mass is 79.9. The van der Waals surface area contributed by atoms with Crippen LogP contribution >= 0.6 is 15.9 Å². The fraction of sp³-hybridized carbons (Fsp3) is 0.125. The normalized spacial score (nSPS) is 9.87. The van der Waals surface area contributed by atoms with Gasteiger partial charge >= 0.3 is 6.03 Å². The maximum Gasteiger partial charge on any atom is 0.350 e. The zero-order valence-corrected chi connectivity index (χ0v) is 9.36. The monoisotopic (exact) mass is 274 g/mol. The summed E-state index contributed by atoms with van der Waals surface area (Å²) in [5.74, 6) is 10.4. The minimum absolute atomic E-state index is 0.234. The lowest BCUT2D eigenvalue weighted by Crippen LogP contribution is -2.48. The fourth-order valence-corrected chi connectivity index (χ4v) is 1.59. The number of urea groups is 1. The van der Waals surface area contributed by atoms with Crippen molar-refractivity contribution in [2.75, 3.05) is 5.01 Å². The Kier molecular flexibility index (Phi) is 4.04. The van der Waals surface area contributed by atoms with Gasteiger partial charge < -0.3 is 5.11 Å². The number of nitrogens with zero attached hydrogens (tertiary/aromatic N) is 1. The van der Waals surface area contributed by atoms with Gasteiger partial charge in [0.05, 0.1) is 12.3 Å². The first kappa shape index (κ1) is 11.9. The Morgan fingerprint density at radius 2 is 2.27 bits per heavy atom. The van der Waals surface area contributed by atoms with Gasteiger partial charge in [0.15, 0.2) is 0 Å². The van der Waals surface area contributed by atoms with E-state index in [1.807, 2.05) is 5.43 Å². The van der Waals surface area contributed by atoms with E-state index in [4.69, 9.17) is 16.8 Å². The van der Waals surface area contributed by atoms with Crippen LogP contribution in [0, 0.1) is 0 Å². The Balaban J connectivity index is 3.13. The van der Waals surface area contributed by atoms with Gasteiger partial charge in [-0.1, -0.05) is 22.0 Å². The van der Waals surface area contributed by atoms with Crippen molar-refractivity contribution in [3.63, 3.8) is 0 Å². The summed E-state index contributed by atoms with van der Waals surface area (Å²) in [6, 6.07) is 4.37. The van der Waals surface area contributed by atoms with Crippen molar-refractivity contribution in [2.24, 2.45) is 11.7 Å². The third-order valence-electron chi connectivity index (χ3n) is 1.85. The Hall–Kier alpha value is -1.15. The summed E-state index contributed by atoms with van der Waals surface area (Å²) in [4.78, 5) is 11.2. The van der Waals surface area contributed by atoms with E-state index in [9.17, 15) is 4.79 Å². The Labute approximate surface area is 94.9 Å². The number of nitrogens with two attached hydrogens (primary N) is 2. The van der Waals surface area contributed by atoms with Crippen molar-refractivity contribution < 1.29 is 9.90 Å². The van der Waals surface area contributed by atoms with Gasteiger partial charge in [-0.15, -0.1) is 0 Å². The summed E-state index contributed by atoms with van der Waals surface area (Å²) >= 11 is 3.24.